The Balaban J connectivity index is 0.935. The molecule has 170 valence electrons. The molecule has 2 aromatic carbocycles. The van der Waals surface area contributed by atoms with Crippen LogP contribution in [0.5, 0.6) is 0 Å². The number of nitrogens with zero attached hydrogens (tertiary/aromatic N) is 1. The summed E-state index contributed by atoms with van der Waals surface area (Å²) in [6, 6.07) is 20.6. The van der Waals surface area contributed by atoms with Gasteiger partial charge in [0.25, 0.3) is 11.8 Å². The zero-order chi connectivity index (χ0) is 22.8. The summed E-state index contributed by atoms with van der Waals surface area (Å²) in [5.41, 5.74) is 6.62. The first kappa shape index (κ1) is 20.0. The van der Waals surface area contributed by atoms with E-state index in [1.54, 1.807) is 18.3 Å². The van der Waals surface area contributed by atoms with E-state index in [9.17, 15) is 9.59 Å². The fourth-order valence-electron chi connectivity index (χ4n) is 6.83. The van der Waals surface area contributed by atoms with Crippen LogP contribution in [-0.4, -0.2) is 29.9 Å². The molecule has 34 heavy (non-hydrogen) atoms. The van der Waals surface area contributed by atoms with Gasteiger partial charge in [0.1, 0.15) is 5.69 Å². The number of carbonyl (C=O) groups is 2. The molecule has 2 fully saturated rings. The van der Waals surface area contributed by atoms with Crippen molar-refractivity contribution in [3.8, 4) is 0 Å². The second-order valence-corrected chi connectivity index (χ2v) is 10.4. The molecule has 0 aliphatic heterocycles. The summed E-state index contributed by atoms with van der Waals surface area (Å²) < 4.78 is 0. The number of nitrogens with one attached hydrogen (secondary N) is 2. The summed E-state index contributed by atoms with van der Waals surface area (Å²) in [6.07, 6.45) is 3.78. The van der Waals surface area contributed by atoms with Crippen molar-refractivity contribution < 1.29 is 9.59 Å². The minimum absolute atomic E-state index is 0.136. The molecule has 5 nitrogen and oxygen atoms in total. The number of rotatable bonds is 6. The molecule has 0 saturated heterocycles. The van der Waals surface area contributed by atoms with Gasteiger partial charge in [0.05, 0.1) is 0 Å². The lowest BCUT2D eigenvalue weighted by Gasteiger charge is -2.10. The second kappa shape index (κ2) is 7.52. The van der Waals surface area contributed by atoms with E-state index in [1.807, 2.05) is 0 Å². The van der Waals surface area contributed by atoms with Crippen LogP contribution in [0.25, 0.3) is 0 Å². The molecule has 3 aromatic rings. The molecule has 0 spiro atoms. The molecular formula is C29H27N3O2. The number of hydrogen-bond acceptors (Lipinski definition) is 3. The molecule has 2 saturated carbocycles. The Bertz CT molecular complexity index is 1220. The lowest BCUT2D eigenvalue weighted by Crippen LogP contribution is -2.29. The van der Waals surface area contributed by atoms with E-state index in [1.165, 1.54) is 22.3 Å². The van der Waals surface area contributed by atoms with Gasteiger partial charge in [0, 0.05) is 24.8 Å². The topological polar surface area (TPSA) is 71.1 Å². The molecule has 4 aliphatic rings. The SMILES string of the molecule is O=C(NCC1C2Cc3ccccc3C12)c1ccnc(C(=O)NCC2C3Cc4ccccc4C23)c1. The van der Waals surface area contributed by atoms with E-state index in [-0.39, 0.29) is 11.8 Å². The predicted molar refractivity (Wildman–Crippen MR) is 129 cm³/mol. The van der Waals surface area contributed by atoms with Crippen molar-refractivity contribution in [1.82, 2.24) is 15.6 Å². The van der Waals surface area contributed by atoms with Crippen LogP contribution in [0, 0.1) is 23.7 Å². The van der Waals surface area contributed by atoms with Crippen molar-refractivity contribution in [3.63, 3.8) is 0 Å². The van der Waals surface area contributed by atoms with Crippen LogP contribution >= 0.6 is 0 Å². The normalized spacial score (nSPS) is 28.8. The van der Waals surface area contributed by atoms with E-state index in [0.29, 0.717) is 59.9 Å². The number of fused-ring (bicyclic) bond motifs is 6. The number of pyridine rings is 1. The maximum absolute atomic E-state index is 12.8. The summed E-state index contributed by atoms with van der Waals surface area (Å²) >= 11 is 0. The van der Waals surface area contributed by atoms with Crippen LogP contribution in [0.3, 0.4) is 0 Å². The highest BCUT2D eigenvalue weighted by atomic mass is 16.2. The van der Waals surface area contributed by atoms with Crippen LogP contribution in [-0.2, 0) is 12.8 Å². The van der Waals surface area contributed by atoms with E-state index in [2.05, 4.69) is 64.1 Å². The number of amides is 2. The molecule has 1 heterocycles. The minimum atomic E-state index is -0.207. The van der Waals surface area contributed by atoms with Crippen LogP contribution in [0.1, 0.15) is 54.9 Å². The number of benzene rings is 2. The maximum Gasteiger partial charge on any atom is 0.269 e. The summed E-state index contributed by atoms with van der Waals surface area (Å²) in [4.78, 5) is 29.7. The highest BCUT2D eigenvalue weighted by Gasteiger charge is 2.55. The van der Waals surface area contributed by atoms with E-state index >= 15 is 0 Å². The third-order valence-corrected chi connectivity index (χ3v) is 8.65. The highest BCUT2D eigenvalue weighted by Crippen LogP contribution is 2.61. The van der Waals surface area contributed by atoms with Gasteiger partial charge in [-0.25, -0.2) is 0 Å². The predicted octanol–water partition coefficient (Wildman–Crippen LogP) is 3.71. The van der Waals surface area contributed by atoms with Gasteiger partial charge in [-0.2, -0.15) is 0 Å². The molecule has 4 aliphatic carbocycles. The van der Waals surface area contributed by atoms with Gasteiger partial charge in [-0.1, -0.05) is 48.5 Å². The maximum atomic E-state index is 12.8. The fourth-order valence-corrected chi connectivity index (χ4v) is 6.83. The molecular weight excluding hydrogens is 422 g/mol. The Morgan fingerprint density at radius 2 is 1.32 bits per heavy atom. The van der Waals surface area contributed by atoms with Gasteiger partial charge >= 0.3 is 0 Å². The third-order valence-electron chi connectivity index (χ3n) is 8.65. The molecule has 1 aromatic heterocycles. The molecule has 6 atom stereocenters. The lowest BCUT2D eigenvalue weighted by atomic mass is 10.0. The number of aromatic nitrogens is 1. The van der Waals surface area contributed by atoms with Crippen molar-refractivity contribution in [1.29, 1.82) is 0 Å². The van der Waals surface area contributed by atoms with Crippen LogP contribution < -0.4 is 10.6 Å². The van der Waals surface area contributed by atoms with E-state index in [4.69, 9.17) is 0 Å². The summed E-state index contributed by atoms with van der Waals surface area (Å²) in [6.45, 7) is 1.34. The molecule has 2 amide bonds. The Kier molecular flexibility index (Phi) is 4.41. The Hall–Kier alpha value is -3.47. The fraction of sp³-hybridized carbons (Fsp3) is 0.345. The quantitative estimate of drug-likeness (QED) is 0.603. The molecule has 6 unspecified atom stereocenters. The monoisotopic (exact) mass is 449 g/mol. The first-order valence-electron chi connectivity index (χ1n) is 12.4. The van der Waals surface area contributed by atoms with Gasteiger partial charge in [0.15, 0.2) is 0 Å². The van der Waals surface area contributed by atoms with Crippen molar-refractivity contribution in [2.45, 2.75) is 24.7 Å². The Labute approximate surface area is 199 Å². The average molecular weight is 450 g/mol. The average Bonchev–Trinajstić information content (AvgIpc) is 3.63. The van der Waals surface area contributed by atoms with E-state index < -0.39 is 0 Å². The molecule has 0 bridgehead atoms. The van der Waals surface area contributed by atoms with Crippen molar-refractivity contribution in [2.24, 2.45) is 23.7 Å². The molecule has 0 radical (unpaired) electrons. The second-order valence-electron chi connectivity index (χ2n) is 10.4. The number of hydrogen-bond donors (Lipinski definition) is 2. The molecule has 5 heteroatoms. The van der Waals surface area contributed by atoms with E-state index in [0.717, 1.165) is 12.8 Å². The largest absolute Gasteiger partial charge is 0.352 e. The molecule has 7 rings (SSSR count). The van der Waals surface area contributed by atoms with Crippen molar-refractivity contribution in [2.75, 3.05) is 13.1 Å². The van der Waals surface area contributed by atoms with Gasteiger partial charge in [0.2, 0.25) is 0 Å². The van der Waals surface area contributed by atoms with Crippen LogP contribution in [0.15, 0.2) is 66.9 Å². The summed E-state index contributed by atoms with van der Waals surface area (Å²) in [7, 11) is 0. The standard InChI is InChI=1S/C29H27N3O2/c33-28(31-14-23-21-11-16-5-1-3-7-19(16)26(21)23)18-9-10-30-25(13-18)29(34)32-15-24-22-12-17-6-2-4-8-20(17)27(22)24/h1-10,13,21-24,26-27H,11-12,14-15H2,(H,31,33)(H,32,34). The van der Waals surface area contributed by atoms with Gasteiger partial charge in [-0.15, -0.1) is 0 Å². The highest BCUT2D eigenvalue weighted by molar-refractivity contribution is 5.98. The van der Waals surface area contributed by atoms with Crippen molar-refractivity contribution in [3.05, 3.63) is 100 Å². The van der Waals surface area contributed by atoms with Gasteiger partial charge < -0.3 is 10.6 Å². The third kappa shape index (κ3) is 3.17. The Morgan fingerprint density at radius 1 is 0.765 bits per heavy atom. The smallest absolute Gasteiger partial charge is 0.269 e. The molecule has 2 N–H and O–H groups in total. The van der Waals surface area contributed by atoms with Crippen LogP contribution in [0.4, 0.5) is 0 Å². The van der Waals surface area contributed by atoms with Crippen LogP contribution in [0.2, 0.25) is 0 Å². The van der Waals surface area contributed by atoms with Crippen molar-refractivity contribution >= 4 is 11.8 Å². The Morgan fingerprint density at radius 3 is 1.94 bits per heavy atom. The first-order valence-corrected chi connectivity index (χ1v) is 12.4. The summed E-state index contributed by atoms with van der Waals surface area (Å²) in [5, 5.41) is 6.13. The number of carbonyl (C=O) groups excluding carboxylic acids is 2. The zero-order valence-corrected chi connectivity index (χ0v) is 18.9. The van der Waals surface area contributed by atoms with Gasteiger partial charge in [-0.05, 0) is 82.7 Å². The zero-order valence-electron chi connectivity index (χ0n) is 18.9. The van der Waals surface area contributed by atoms with Gasteiger partial charge in [-0.3, -0.25) is 14.6 Å². The first-order chi connectivity index (χ1) is 16.7. The lowest BCUT2D eigenvalue weighted by molar-refractivity contribution is 0.0946. The minimum Gasteiger partial charge on any atom is -0.352 e. The summed E-state index contributed by atoms with van der Waals surface area (Å²) in [5.74, 6) is 3.16.